The number of fused-ring (bicyclic) bond motifs is 2. The number of pyridine rings is 1. The SMILES string of the molecule is Cc1cc(Cc2ccc(NS(=O)(=O)c3cccc4ccccc34)cc2)c2cc(F)ccc2n1. The van der Waals surface area contributed by atoms with Crippen LogP contribution in [0.2, 0.25) is 0 Å². The Labute approximate surface area is 191 Å². The molecule has 0 amide bonds. The molecule has 4 aromatic carbocycles. The van der Waals surface area contributed by atoms with Crippen LogP contribution in [0.4, 0.5) is 10.1 Å². The second kappa shape index (κ2) is 8.30. The molecule has 5 rings (SSSR count). The highest BCUT2D eigenvalue weighted by atomic mass is 32.2. The van der Waals surface area contributed by atoms with Crippen LogP contribution >= 0.6 is 0 Å². The lowest BCUT2D eigenvalue weighted by Gasteiger charge is -2.12. The molecule has 1 N–H and O–H groups in total. The van der Waals surface area contributed by atoms with Crippen LogP contribution in [0.3, 0.4) is 0 Å². The molecule has 0 aliphatic heterocycles. The number of nitrogens with one attached hydrogen (secondary N) is 1. The molecular weight excluding hydrogens is 435 g/mol. The van der Waals surface area contributed by atoms with Gasteiger partial charge < -0.3 is 0 Å². The molecule has 0 bridgehead atoms. The monoisotopic (exact) mass is 456 g/mol. The quantitative estimate of drug-likeness (QED) is 0.341. The molecule has 4 nitrogen and oxygen atoms in total. The summed E-state index contributed by atoms with van der Waals surface area (Å²) in [5.74, 6) is -0.299. The zero-order valence-electron chi connectivity index (χ0n) is 17.9. The van der Waals surface area contributed by atoms with Crippen LogP contribution in [-0.2, 0) is 16.4 Å². The third-order valence-corrected chi connectivity index (χ3v) is 7.06. The van der Waals surface area contributed by atoms with Crippen molar-refractivity contribution in [2.45, 2.75) is 18.2 Å². The summed E-state index contributed by atoms with van der Waals surface area (Å²) in [5, 5.41) is 2.32. The summed E-state index contributed by atoms with van der Waals surface area (Å²) in [7, 11) is -3.75. The minimum atomic E-state index is -3.75. The number of benzene rings is 4. The Morgan fingerprint density at radius 2 is 1.61 bits per heavy atom. The van der Waals surface area contributed by atoms with Crippen molar-refractivity contribution >= 4 is 37.4 Å². The van der Waals surface area contributed by atoms with Crippen molar-refractivity contribution in [3.63, 3.8) is 0 Å². The summed E-state index contributed by atoms with van der Waals surface area (Å²) in [4.78, 5) is 4.72. The van der Waals surface area contributed by atoms with E-state index in [0.717, 1.165) is 33.1 Å². The molecule has 0 spiro atoms. The number of halogens is 1. The maximum absolute atomic E-state index is 13.8. The van der Waals surface area contributed by atoms with Gasteiger partial charge in [0, 0.05) is 22.2 Å². The van der Waals surface area contributed by atoms with E-state index in [4.69, 9.17) is 0 Å². The molecule has 1 heterocycles. The topological polar surface area (TPSA) is 59.1 Å². The van der Waals surface area contributed by atoms with Crippen molar-refractivity contribution in [1.82, 2.24) is 4.98 Å². The Morgan fingerprint density at radius 1 is 0.848 bits per heavy atom. The molecule has 0 fully saturated rings. The fourth-order valence-corrected chi connectivity index (χ4v) is 5.40. The molecule has 0 saturated heterocycles. The molecule has 0 aliphatic carbocycles. The van der Waals surface area contributed by atoms with Gasteiger partial charge in [-0.2, -0.15) is 0 Å². The van der Waals surface area contributed by atoms with E-state index in [1.807, 2.05) is 49.4 Å². The number of hydrogen-bond acceptors (Lipinski definition) is 3. The molecule has 164 valence electrons. The fourth-order valence-electron chi connectivity index (χ4n) is 4.11. The summed E-state index contributed by atoms with van der Waals surface area (Å²) < 4.78 is 42.6. The van der Waals surface area contributed by atoms with Gasteiger partial charge in [-0.3, -0.25) is 9.71 Å². The Hall–Kier alpha value is -3.77. The highest BCUT2D eigenvalue weighted by molar-refractivity contribution is 7.93. The van der Waals surface area contributed by atoms with Gasteiger partial charge in [0.05, 0.1) is 10.4 Å². The molecule has 0 atom stereocenters. The van der Waals surface area contributed by atoms with Gasteiger partial charge >= 0.3 is 0 Å². The first-order valence-electron chi connectivity index (χ1n) is 10.5. The first kappa shape index (κ1) is 21.1. The van der Waals surface area contributed by atoms with Gasteiger partial charge in [0.2, 0.25) is 0 Å². The van der Waals surface area contributed by atoms with Crippen molar-refractivity contribution in [3.8, 4) is 0 Å². The van der Waals surface area contributed by atoms with Gasteiger partial charge in [-0.05, 0) is 72.3 Å². The fraction of sp³-hybridized carbons (Fsp3) is 0.0741. The summed E-state index contributed by atoms with van der Waals surface area (Å²) in [6, 6.07) is 26.4. The van der Waals surface area contributed by atoms with E-state index in [0.29, 0.717) is 17.5 Å². The number of rotatable bonds is 5. The maximum atomic E-state index is 13.8. The van der Waals surface area contributed by atoms with Gasteiger partial charge in [0.25, 0.3) is 10.0 Å². The molecular formula is C27H21FN2O2S. The Morgan fingerprint density at radius 3 is 2.42 bits per heavy atom. The normalized spacial score (nSPS) is 11.7. The van der Waals surface area contributed by atoms with E-state index in [2.05, 4.69) is 9.71 Å². The van der Waals surface area contributed by atoms with Crippen LogP contribution in [0, 0.1) is 12.7 Å². The molecule has 0 aliphatic rings. The smallest absolute Gasteiger partial charge is 0.262 e. The summed E-state index contributed by atoms with van der Waals surface area (Å²) in [5.41, 5.74) is 4.06. The number of nitrogens with zero attached hydrogens (tertiary/aromatic N) is 1. The third kappa shape index (κ3) is 4.30. The van der Waals surface area contributed by atoms with Gasteiger partial charge in [-0.1, -0.05) is 48.5 Å². The molecule has 5 aromatic rings. The van der Waals surface area contributed by atoms with Crippen molar-refractivity contribution in [1.29, 1.82) is 0 Å². The van der Waals surface area contributed by atoms with Crippen molar-refractivity contribution in [3.05, 3.63) is 114 Å². The van der Waals surface area contributed by atoms with Gasteiger partial charge in [-0.25, -0.2) is 12.8 Å². The highest BCUT2D eigenvalue weighted by Gasteiger charge is 2.17. The van der Waals surface area contributed by atoms with E-state index in [1.54, 1.807) is 36.4 Å². The average molecular weight is 457 g/mol. The standard InChI is InChI=1S/C27H21FN2O2S/c1-18-15-21(25-17-22(28)11-14-26(25)29-18)16-19-9-12-23(13-10-19)30-33(31,32)27-8-4-6-20-5-2-3-7-24(20)27/h2-15,17,30H,16H2,1H3. The summed E-state index contributed by atoms with van der Waals surface area (Å²) in [6.45, 7) is 1.91. The van der Waals surface area contributed by atoms with Gasteiger partial charge in [0.1, 0.15) is 5.82 Å². The first-order chi connectivity index (χ1) is 15.9. The lowest BCUT2D eigenvalue weighted by Crippen LogP contribution is -2.13. The van der Waals surface area contributed by atoms with Crippen LogP contribution in [0.1, 0.15) is 16.8 Å². The Balaban J connectivity index is 1.42. The second-order valence-corrected chi connectivity index (χ2v) is 9.69. The number of hydrogen-bond donors (Lipinski definition) is 1. The van der Waals surface area contributed by atoms with Crippen molar-refractivity contribution in [2.24, 2.45) is 0 Å². The number of anilines is 1. The maximum Gasteiger partial charge on any atom is 0.262 e. The van der Waals surface area contributed by atoms with Crippen molar-refractivity contribution in [2.75, 3.05) is 4.72 Å². The second-order valence-electron chi connectivity index (χ2n) is 8.04. The first-order valence-corrected chi connectivity index (χ1v) is 12.0. The minimum Gasteiger partial charge on any atom is -0.280 e. The lowest BCUT2D eigenvalue weighted by molar-refractivity contribution is 0.602. The van der Waals surface area contributed by atoms with E-state index < -0.39 is 10.0 Å². The van der Waals surface area contributed by atoms with Crippen LogP contribution in [0.5, 0.6) is 0 Å². The van der Waals surface area contributed by atoms with E-state index >= 15 is 0 Å². The van der Waals surface area contributed by atoms with E-state index in [9.17, 15) is 12.8 Å². The number of aromatic nitrogens is 1. The van der Waals surface area contributed by atoms with Crippen molar-refractivity contribution < 1.29 is 12.8 Å². The molecule has 1 aromatic heterocycles. The zero-order chi connectivity index (χ0) is 23.0. The van der Waals surface area contributed by atoms with E-state index in [-0.39, 0.29) is 10.7 Å². The zero-order valence-corrected chi connectivity index (χ0v) is 18.7. The minimum absolute atomic E-state index is 0.241. The molecule has 6 heteroatoms. The predicted molar refractivity (Wildman–Crippen MR) is 130 cm³/mol. The number of sulfonamides is 1. The lowest BCUT2D eigenvalue weighted by atomic mass is 10.00. The largest absolute Gasteiger partial charge is 0.280 e. The molecule has 33 heavy (non-hydrogen) atoms. The Bertz CT molecular complexity index is 1590. The number of aryl methyl sites for hydroxylation is 1. The third-order valence-electron chi connectivity index (χ3n) is 5.62. The van der Waals surface area contributed by atoms with Gasteiger partial charge in [0.15, 0.2) is 0 Å². The predicted octanol–water partition coefficient (Wildman–Crippen LogP) is 6.23. The molecule has 0 unspecified atom stereocenters. The van der Waals surface area contributed by atoms with Crippen LogP contribution < -0.4 is 4.72 Å². The summed E-state index contributed by atoms with van der Waals surface area (Å²) >= 11 is 0. The van der Waals surface area contributed by atoms with Crippen LogP contribution in [0.25, 0.3) is 21.7 Å². The average Bonchev–Trinajstić information content (AvgIpc) is 2.80. The van der Waals surface area contributed by atoms with Crippen LogP contribution in [-0.4, -0.2) is 13.4 Å². The van der Waals surface area contributed by atoms with Gasteiger partial charge in [-0.15, -0.1) is 0 Å². The highest BCUT2D eigenvalue weighted by Crippen LogP contribution is 2.26. The molecule has 0 radical (unpaired) electrons. The Kier molecular flexibility index (Phi) is 5.30. The van der Waals surface area contributed by atoms with E-state index in [1.165, 1.54) is 12.1 Å². The van der Waals surface area contributed by atoms with Crippen LogP contribution in [0.15, 0.2) is 95.9 Å². The molecule has 0 saturated carbocycles. The summed E-state index contributed by atoms with van der Waals surface area (Å²) in [6.07, 6.45) is 0.583.